The van der Waals surface area contributed by atoms with E-state index in [1.165, 1.54) is 0 Å². The highest BCUT2D eigenvalue weighted by Crippen LogP contribution is 2.24. The molecule has 0 aliphatic rings. The molecule has 2 aromatic rings. The van der Waals surface area contributed by atoms with Crippen molar-refractivity contribution >= 4 is 28.8 Å². The first-order chi connectivity index (χ1) is 9.25. The van der Waals surface area contributed by atoms with Gasteiger partial charge in [0.05, 0.1) is 17.2 Å². The van der Waals surface area contributed by atoms with Crippen LogP contribution in [-0.2, 0) is 12.0 Å². The van der Waals surface area contributed by atoms with Gasteiger partial charge in [-0.1, -0.05) is 32.4 Å². The highest BCUT2D eigenvalue weighted by Gasteiger charge is 2.20. The van der Waals surface area contributed by atoms with Crippen molar-refractivity contribution in [2.45, 2.75) is 39.7 Å². The highest BCUT2D eigenvalue weighted by atomic mass is 35.5. The highest BCUT2D eigenvalue weighted by molar-refractivity contribution is 7.09. The van der Waals surface area contributed by atoms with Crippen LogP contribution in [0.1, 0.15) is 37.3 Å². The van der Waals surface area contributed by atoms with Crippen molar-refractivity contribution in [1.82, 2.24) is 15.0 Å². The molecule has 20 heavy (non-hydrogen) atoms. The van der Waals surface area contributed by atoms with Crippen LogP contribution in [-0.4, -0.2) is 22.0 Å². The maximum Gasteiger partial charge on any atom is 0.137 e. The zero-order chi connectivity index (χ0) is 14.9. The van der Waals surface area contributed by atoms with Crippen LogP contribution in [0.5, 0.6) is 0 Å². The largest absolute Gasteiger partial charge is 0.354 e. The van der Waals surface area contributed by atoms with Gasteiger partial charge in [0, 0.05) is 23.9 Å². The number of aromatic nitrogens is 3. The lowest BCUT2D eigenvalue weighted by atomic mass is 9.96. The molecular weight excluding hydrogens is 292 g/mol. The lowest BCUT2D eigenvalue weighted by molar-refractivity contribution is 0.544. The van der Waals surface area contributed by atoms with Gasteiger partial charge >= 0.3 is 0 Å². The van der Waals surface area contributed by atoms with Gasteiger partial charge in [-0.05, 0) is 6.92 Å². The summed E-state index contributed by atoms with van der Waals surface area (Å²) in [5, 5.41) is 3.62. The molecule has 0 aromatic carbocycles. The molecule has 0 amide bonds. The zero-order valence-corrected chi connectivity index (χ0v) is 14.0. The van der Waals surface area contributed by atoms with Crippen LogP contribution in [0.3, 0.4) is 0 Å². The van der Waals surface area contributed by atoms with E-state index in [-0.39, 0.29) is 5.41 Å². The average Bonchev–Trinajstić information content (AvgIpc) is 2.72. The first-order valence-corrected chi connectivity index (χ1v) is 7.68. The Hall–Kier alpha value is -1.20. The third kappa shape index (κ3) is 3.67. The van der Waals surface area contributed by atoms with E-state index in [0.717, 1.165) is 22.3 Å². The van der Waals surface area contributed by atoms with Gasteiger partial charge in [0.15, 0.2) is 0 Å². The fourth-order valence-electron chi connectivity index (χ4n) is 1.74. The molecule has 2 heterocycles. The molecule has 0 fully saturated rings. The van der Waals surface area contributed by atoms with Crippen molar-refractivity contribution < 1.29 is 0 Å². The molecule has 4 nitrogen and oxygen atoms in total. The fourth-order valence-corrected chi connectivity index (χ4v) is 2.52. The van der Waals surface area contributed by atoms with E-state index < -0.39 is 0 Å². The number of hydrogen-bond donors (Lipinski definition) is 0. The molecule has 0 saturated carbocycles. The minimum atomic E-state index is -0.127. The summed E-state index contributed by atoms with van der Waals surface area (Å²) in [4.78, 5) is 15.4. The van der Waals surface area contributed by atoms with Gasteiger partial charge in [0.25, 0.3) is 0 Å². The van der Waals surface area contributed by atoms with Gasteiger partial charge in [-0.2, -0.15) is 0 Å². The van der Waals surface area contributed by atoms with Crippen LogP contribution in [0.15, 0.2) is 11.4 Å². The van der Waals surface area contributed by atoms with Crippen LogP contribution in [0.4, 0.5) is 5.82 Å². The van der Waals surface area contributed by atoms with Crippen molar-refractivity contribution in [2.24, 2.45) is 0 Å². The first kappa shape index (κ1) is 15.2. The van der Waals surface area contributed by atoms with E-state index in [0.29, 0.717) is 11.7 Å². The summed E-state index contributed by atoms with van der Waals surface area (Å²) >= 11 is 7.77. The summed E-state index contributed by atoms with van der Waals surface area (Å²) < 4.78 is 0. The van der Waals surface area contributed by atoms with E-state index in [1.54, 1.807) is 17.4 Å². The quantitative estimate of drug-likeness (QED) is 0.808. The predicted octanol–water partition coefficient (Wildman–Crippen LogP) is 3.83. The molecule has 108 valence electrons. The molecule has 0 saturated heterocycles. The summed E-state index contributed by atoms with van der Waals surface area (Å²) in [6.07, 6.45) is 0. The molecule has 0 aliphatic carbocycles. The Balaban J connectivity index is 2.25. The second-order valence-electron chi connectivity index (χ2n) is 5.84. The van der Waals surface area contributed by atoms with Crippen LogP contribution in [0, 0.1) is 6.92 Å². The Kier molecular flexibility index (Phi) is 4.30. The van der Waals surface area contributed by atoms with Crippen molar-refractivity contribution in [2.75, 3.05) is 11.9 Å². The Morgan fingerprint density at radius 2 is 1.95 bits per heavy atom. The Labute approximate surface area is 128 Å². The van der Waals surface area contributed by atoms with E-state index in [9.17, 15) is 0 Å². The molecule has 0 aliphatic heterocycles. The maximum atomic E-state index is 6.12. The van der Waals surface area contributed by atoms with E-state index in [2.05, 4.69) is 41.1 Å². The molecule has 0 spiro atoms. The Morgan fingerprint density at radius 1 is 1.25 bits per heavy atom. The Bertz CT molecular complexity index is 603. The number of nitrogens with zero attached hydrogens (tertiary/aromatic N) is 4. The maximum absolute atomic E-state index is 6.12. The van der Waals surface area contributed by atoms with Gasteiger partial charge < -0.3 is 4.90 Å². The topological polar surface area (TPSA) is 41.9 Å². The molecule has 6 heteroatoms. The van der Waals surface area contributed by atoms with Crippen molar-refractivity contribution in [3.05, 3.63) is 33.1 Å². The first-order valence-electron chi connectivity index (χ1n) is 6.43. The number of hydrogen-bond acceptors (Lipinski definition) is 5. The number of halogens is 1. The summed E-state index contributed by atoms with van der Waals surface area (Å²) in [6, 6.07) is 1.79. The van der Waals surface area contributed by atoms with E-state index in [1.807, 2.05) is 18.9 Å². The van der Waals surface area contributed by atoms with Crippen LogP contribution >= 0.6 is 22.9 Å². The van der Waals surface area contributed by atoms with Gasteiger partial charge in [0.1, 0.15) is 16.8 Å². The molecule has 0 radical (unpaired) electrons. The molecule has 0 unspecified atom stereocenters. The number of anilines is 1. The van der Waals surface area contributed by atoms with Crippen molar-refractivity contribution in [3.63, 3.8) is 0 Å². The summed E-state index contributed by atoms with van der Waals surface area (Å²) in [6.45, 7) is 8.94. The summed E-state index contributed by atoms with van der Waals surface area (Å²) in [5.41, 5.74) is 0.916. The van der Waals surface area contributed by atoms with Gasteiger partial charge in [-0.3, -0.25) is 0 Å². The van der Waals surface area contributed by atoms with Gasteiger partial charge in [-0.25, -0.2) is 15.0 Å². The Morgan fingerprint density at radius 3 is 2.50 bits per heavy atom. The SMILES string of the molecule is Cc1nc(CN(C)c2cc(Cl)nc(C(C)(C)C)n2)cs1. The molecule has 2 rings (SSSR count). The normalized spacial score (nSPS) is 11.7. The van der Waals surface area contributed by atoms with Gasteiger partial charge in [0.2, 0.25) is 0 Å². The third-order valence-electron chi connectivity index (χ3n) is 2.81. The van der Waals surface area contributed by atoms with E-state index in [4.69, 9.17) is 11.6 Å². The molecule has 0 N–H and O–H groups in total. The van der Waals surface area contributed by atoms with Crippen molar-refractivity contribution in [3.8, 4) is 0 Å². The second-order valence-corrected chi connectivity index (χ2v) is 7.29. The van der Waals surface area contributed by atoms with Crippen LogP contribution in [0.2, 0.25) is 5.15 Å². The summed E-state index contributed by atoms with van der Waals surface area (Å²) in [5.74, 6) is 1.57. The number of aryl methyl sites for hydroxylation is 1. The third-order valence-corrected chi connectivity index (χ3v) is 3.82. The molecular formula is C14H19ClN4S. The predicted molar refractivity (Wildman–Crippen MR) is 84.7 cm³/mol. The number of rotatable bonds is 3. The minimum Gasteiger partial charge on any atom is -0.354 e. The lowest BCUT2D eigenvalue weighted by Gasteiger charge is -2.21. The number of thiazole rings is 1. The molecule has 0 atom stereocenters. The van der Waals surface area contributed by atoms with Crippen LogP contribution in [0.25, 0.3) is 0 Å². The summed E-state index contributed by atoms with van der Waals surface area (Å²) in [7, 11) is 1.99. The van der Waals surface area contributed by atoms with Crippen LogP contribution < -0.4 is 4.90 Å². The molecule has 2 aromatic heterocycles. The fraction of sp³-hybridized carbons (Fsp3) is 0.500. The molecule has 0 bridgehead atoms. The lowest BCUT2D eigenvalue weighted by Crippen LogP contribution is -2.22. The van der Waals surface area contributed by atoms with E-state index >= 15 is 0 Å². The smallest absolute Gasteiger partial charge is 0.137 e. The average molecular weight is 311 g/mol. The second kappa shape index (κ2) is 5.66. The van der Waals surface area contributed by atoms with Crippen molar-refractivity contribution in [1.29, 1.82) is 0 Å². The monoisotopic (exact) mass is 310 g/mol. The van der Waals surface area contributed by atoms with Gasteiger partial charge in [-0.15, -0.1) is 11.3 Å². The minimum absolute atomic E-state index is 0.127. The standard InChI is InChI=1S/C14H19ClN4S/c1-9-16-10(8-20-9)7-19(5)12-6-11(15)17-13(18-12)14(2,3)4/h6,8H,7H2,1-5H3. The zero-order valence-electron chi connectivity index (χ0n) is 12.4.